The van der Waals surface area contributed by atoms with Gasteiger partial charge in [-0.15, -0.1) is 0 Å². The van der Waals surface area contributed by atoms with E-state index in [0.29, 0.717) is 6.61 Å². The van der Waals surface area contributed by atoms with Crippen LogP contribution in [0.5, 0.6) is 5.75 Å². The summed E-state index contributed by atoms with van der Waals surface area (Å²) in [6.45, 7) is 6.68. The largest absolute Gasteiger partial charge is 0.487 e. The zero-order valence-electron chi connectivity index (χ0n) is 10.8. The highest BCUT2D eigenvalue weighted by Crippen LogP contribution is 2.26. The number of rotatable bonds is 3. The van der Waals surface area contributed by atoms with Crippen molar-refractivity contribution < 1.29 is 4.74 Å². The summed E-state index contributed by atoms with van der Waals surface area (Å²) in [5, 5.41) is 0. The molecule has 94 valence electrons. The summed E-state index contributed by atoms with van der Waals surface area (Å²) in [5.74, 6) is 0.887. The van der Waals surface area contributed by atoms with Crippen LogP contribution in [-0.4, -0.2) is 4.98 Å². The van der Waals surface area contributed by atoms with Gasteiger partial charge in [-0.1, -0.05) is 22.0 Å². The van der Waals surface area contributed by atoms with Crippen LogP contribution in [0.1, 0.15) is 22.4 Å². The summed E-state index contributed by atoms with van der Waals surface area (Å²) < 4.78 is 6.95. The Bertz CT molecular complexity index is 543. The van der Waals surface area contributed by atoms with Crippen LogP contribution < -0.4 is 4.74 Å². The van der Waals surface area contributed by atoms with Gasteiger partial charge in [0, 0.05) is 10.7 Å². The Hall–Kier alpha value is -1.35. The third-order valence-electron chi connectivity index (χ3n) is 2.90. The smallest absolute Gasteiger partial charge is 0.130 e. The molecule has 0 bridgehead atoms. The van der Waals surface area contributed by atoms with Crippen LogP contribution in [0.2, 0.25) is 0 Å². The number of hydrogen-bond donors (Lipinski definition) is 0. The van der Waals surface area contributed by atoms with E-state index < -0.39 is 0 Å². The highest BCUT2D eigenvalue weighted by molar-refractivity contribution is 9.10. The predicted molar refractivity (Wildman–Crippen MR) is 76.9 cm³/mol. The maximum absolute atomic E-state index is 5.81. The fraction of sp³-hybridized carbons (Fsp3) is 0.267. The van der Waals surface area contributed by atoms with Gasteiger partial charge in [-0.25, -0.2) is 0 Å². The van der Waals surface area contributed by atoms with E-state index in [4.69, 9.17) is 4.74 Å². The number of benzene rings is 1. The van der Waals surface area contributed by atoms with Gasteiger partial charge in [-0.2, -0.15) is 0 Å². The lowest BCUT2D eigenvalue weighted by Crippen LogP contribution is -2.01. The molecule has 0 radical (unpaired) electrons. The van der Waals surface area contributed by atoms with Crippen molar-refractivity contribution in [2.75, 3.05) is 0 Å². The Morgan fingerprint density at radius 3 is 2.39 bits per heavy atom. The molecule has 0 fully saturated rings. The second-order valence-electron chi connectivity index (χ2n) is 4.43. The van der Waals surface area contributed by atoms with E-state index in [9.17, 15) is 0 Å². The molecule has 0 aliphatic rings. The number of halogens is 1. The molecule has 2 rings (SSSR count). The lowest BCUT2D eigenvalue weighted by atomic mass is 10.1. The molecule has 0 atom stereocenters. The van der Waals surface area contributed by atoms with E-state index >= 15 is 0 Å². The highest BCUT2D eigenvalue weighted by Gasteiger charge is 2.05. The lowest BCUT2D eigenvalue weighted by Gasteiger charge is -2.10. The molecule has 2 aromatic rings. The molecule has 0 unspecified atom stereocenters. The SMILES string of the molecule is Cc1cccnc1COc1cc(C)c(Br)c(C)c1. The van der Waals surface area contributed by atoms with Gasteiger partial charge >= 0.3 is 0 Å². The summed E-state index contributed by atoms with van der Waals surface area (Å²) in [5.41, 5.74) is 4.50. The second-order valence-corrected chi connectivity index (χ2v) is 5.22. The summed E-state index contributed by atoms with van der Waals surface area (Å²) in [6, 6.07) is 8.06. The normalized spacial score (nSPS) is 10.4. The third kappa shape index (κ3) is 2.91. The monoisotopic (exact) mass is 305 g/mol. The molecule has 1 aromatic carbocycles. The molecule has 0 saturated heterocycles. The first-order valence-electron chi connectivity index (χ1n) is 5.88. The maximum atomic E-state index is 5.81. The van der Waals surface area contributed by atoms with Crippen molar-refractivity contribution in [1.29, 1.82) is 0 Å². The molecule has 2 nitrogen and oxygen atoms in total. The van der Waals surface area contributed by atoms with Gasteiger partial charge in [0.2, 0.25) is 0 Å². The Balaban J connectivity index is 2.14. The van der Waals surface area contributed by atoms with Crippen LogP contribution in [0, 0.1) is 20.8 Å². The van der Waals surface area contributed by atoms with Crippen molar-refractivity contribution in [3.05, 3.63) is 57.3 Å². The fourth-order valence-electron chi connectivity index (χ4n) is 1.81. The molecular formula is C15H16BrNO. The van der Waals surface area contributed by atoms with E-state index in [0.717, 1.165) is 21.5 Å². The second kappa shape index (κ2) is 5.53. The Kier molecular flexibility index (Phi) is 4.02. The first-order chi connectivity index (χ1) is 8.58. The number of aromatic nitrogens is 1. The molecule has 0 saturated carbocycles. The van der Waals surface area contributed by atoms with Gasteiger partial charge in [0.25, 0.3) is 0 Å². The van der Waals surface area contributed by atoms with Crippen LogP contribution in [0.4, 0.5) is 0 Å². The van der Waals surface area contributed by atoms with Gasteiger partial charge in [-0.05, 0) is 55.7 Å². The van der Waals surface area contributed by atoms with Crippen molar-refractivity contribution in [1.82, 2.24) is 4.98 Å². The van der Waals surface area contributed by atoms with Crippen LogP contribution in [0.25, 0.3) is 0 Å². The minimum atomic E-state index is 0.507. The van der Waals surface area contributed by atoms with E-state index in [2.05, 4.69) is 34.8 Å². The number of nitrogens with zero attached hydrogens (tertiary/aromatic N) is 1. The first-order valence-corrected chi connectivity index (χ1v) is 6.67. The van der Waals surface area contributed by atoms with E-state index in [-0.39, 0.29) is 0 Å². The molecule has 1 aromatic heterocycles. The van der Waals surface area contributed by atoms with E-state index in [1.54, 1.807) is 6.20 Å². The van der Waals surface area contributed by atoms with Gasteiger partial charge < -0.3 is 4.74 Å². The molecule has 18 heavy (non-hydrogen) atoms. The molecule has 0 amide bonds. The fourth-order valence-corrected chi connectivity index (χ4v) is 2.04. The quantitative estimate of drug-likeness (QED) is 0.841. The van der Waals surface area contributed by atoms with Crippen molar-refractivity contribution in [3.8, 4) is 5.75 Å². The molecule has 0 N–H and O–H groups in total. The number of aryl methyl sites for hydroxylation is 3. The van der Waals surface area contributed by atoms with Gasteiger partial charge in [-0.3, -0.25) is 4.98 Å². The Labute approximate surface area is 116 Å². The van der Waals surface area contributed by atoms with E-state index in [1.165, 1.54) is 11.1 Å². The number of ether oxygens (including phenoxy) is 1. The van der Waals surface area contributed by atoms with Crippen LogP contribution in [0.3, 0.4) is 0 Å². The van der Waals surface area contributed by atoms with Gasteiger partial charge in [0.1, 0.15) is 12.4 Å². The van der Waals surface area contributed by atoms with Crippen molar-refractivity contribution in [2.24, 2.45) is 0 Å². The Morgan fingerprint density at radius 1 is 1.11 bits per heavy atom. The first kappa shape index (κ1) is 13.1. The predicted octanol–water partition coefficient (Wildman–Crippen LogP) is 4.35. The van der Waals surface area contributed by atoms with Crippen LogP contribution >= 0.6 is 15.9 Å². The third-order valence-corrected chi connectivity index (χ3v) is 4.15. The molecular weight excluding hydrogens is 290 g/mol. The minimum Gasteiger partial charge on any atom is -0.487 e. The molecule has 0 spiro atoms. The Morgan fingerprint density at radius 2 is 1.78 bits per heavy atom. The number of hydrogen-bond acceptors (Lipinski definition) is 2. The maximum Gasteiger partial charge on any atom is 0.130 e. The average molecular weight is 306 g/mol. The summed E-state index contributed by atoms with van der Waals surface area (Å²) in [4.78, 5) is 4.32. The topological polar surface area (TPSA) is 22.1 Å². The van der Waals surface area contributed by atoms with Gasteiger partial charge in [0.05, 0.1) is 5.69 Å². The summed E-state index contributed by atoms with van der Waals surface area (Å²) in [6.07, 6.45) is 1.80. The van der Waals surface area contributed by atoms with Crippen molar-refractivity contribution >= 4 is 15.9 Å². The molecule has 3 heteroatoms. The van der Waals surface area contributed by atoms with Gasteiger partial charge in [0.15, 0.2) is 0 Å². The minimum absolute atomic E-state index is 0.507. The highest BCUT2D eigenvalue weighted by atomic mass is 79.9. The molecule has 1 heterocycles. The van der Waals surface area contributed by atoms with Crippen LogP contribution in [-0.2, 0) is 6.61 Å². The summed E-state index contributed by atoms with van der Waals surface area (Å²) in [7, 11) is 0. The summed E-state index contributed by atoms with van der Waals surface area (Å²) >= 11 is 3.55. The van der Waals surface area contributed by atoms with Crippen molar-refractivity contribution in [3.63, 3.8) is 0 Å². The lowest BCUT2D eigenvalue weighted by molar-refractivity contribution is 0.300. The number of pyridine rings is 1. The van der Waals surface area contributed by atoms with Crippen molar-refractivity contribution in [2.45, 2.75) is 27.4 Å². The zero-order chi connectivity index (χ0) is 13.1. The zero-order valence-corrected chi connectivity index (χ0v) is 12.4. The molecule has 0 aliphatic heterocycles. The van der Waals surface area contributed by atoms with E-state index in [1.807, 2.05) is 31.2 Å². The standard InChI is InChI=1S/C15H16BrNO/c1-10-5-4-6-17-14(10)9-18-13-7-11(2)15(16)12(3)8-13/h4-8H,9H2,1-3H3. The average Bonchev–Trinajstić information content (AvgIpc) is 2.35. The van der Waals surface area contributed by atoms with Crippen LogP contribution in [0.15, 0.2) is 34.9 Å². The molecule has 0 aliphatic carbocycles.